The molecule has 2 aromatic carbocycles. The summed E-state index contributed by atoms with van der Waals surface area (Å²) in [5.74, 6) is 0.396. The first kappa shape index (κ1) is 21.0. The second kappa shape index (κ2) is 10.5. The maximum Gasteiger partial charge on any atom is 2.00 e. The van der Waals surface area contributed by atoms with Gasteiger partial charge in [0.25, 0.3) is 0 Å². The number of hydrogen-bond acceptors (Lipinski definition) is 0. The maximum absolute atomic E-state index is 4.22. The Hall–Kier alpha value is -0.311. The Bertz CT molecular complexity index is 388. The molecule has 0 aromatic heterocycles. The van der Waals surface area contributed by atoms with Crippen LogP contribution in [0.5, 0.6) is 0 Å². The van der Waals surface area contributed by atoms with Crippen LogP contribution in [0.4, 0.5) is 0 Å². The molecular weight excluding hydrogens is 382 g/mol. The number of halogens is 2. The van der Waals surface area contributed by atoms with Crippen molar-refractivity contribution in [3.05, 3.63) is 85.6 Å². The predicted molar refractivity (Wildman–Crippen MR) is 74.8 cm³/mol. The molecule has 2 rings (SSSR count). The van der Waals surface area contributed by atoms with Crippen LogP contribution in [-0.2, 0) is 0 Å². The Kier molecular flexibility index (Phi) is 11.6. The molecule has 0 aliphatic heterocycles. The molecule has 0 N–H and O–H groups in total. The Morgan fingerprint density at radius 2 is 1.11 bits per heavy atom. The third-order valence-corrected chi connectivity index (χ3v) is 2.94. The molecule has 0 spiro atoms. The number of hydrogen-bond donors (Lipinski definition) is 0. The molecule has 0 unspecified atom stereocenters. The quantitative estimate of drug-likeness (QED) is 0.409. The SMILES string of the molecule is [CH2+][C@H](c1ccccc1)[C@H]([CH2-])c1ccccc1.[Cl-].[Cl-].[Sn+2]. The zero-order valence-corrected chi connectivity index (χ0v) is 15.0. The minimum Gasteiger partial charge on any atom is -1.00 e. The van der Waals surface area contributed by atoms with Crippen molar-refractivity contribution in [3.63, 3.8) is 0 Å². The Morgan fingerprint density at radius 3 is 1.53 bits per heavy atom. The maximum atomic E-state index is 4.22. The van der Waals surface area contributed by atoms with Crippen molar-refractivity contribution in [2.45, 2.75) is 11.8 Å². The van der Waals surface area contributed by atoms with Gasteiger partial charge in [0.1, 0.15) is 0 Å². The van der Waals surface area contributed by atoms with Crippen molar-refractivity contribution in [1.82, 2.24) is 0 Å². The summed E-state index contributed by atoms with van der Waals surface area (Å²) in [4.78, 5) is 0. The molecule has 0 fully saturated rings. The summed E-state index contributed by atoms with van der Waals surface area (Å²) in [7, 11) is 0. The van der Waals surface area contributed by atoms with Crippen LogP contribution in [0, 0.1) is 13.8 Å². The summed E-state index contributed by atoms with van der Waals surface area (Å²) in [5.41, 5.74) is 2.48. The van der Waals surface area contributed by atoms with Crippen LogP contribution in [0.25, 0.3) is 0 Å². The van der Waals surface area contributed by atoms with Crippen molar-refractivity contribution >= 4 is 23.9 Å². The normalized spacial score (nSPS) is 12.1. The third kappa shape index (κ3) is 5.68. The fourth-order valence-electron chi connectivity index (χ4n) is 1.87. The van der Waals surface area contributed by atoms with Gasteiger partial charge in [-0.05, 0) is 5.56 Å². The van der Waals surface area contributed by atoms with E-state index < -0.39 is 0 Å². The first-order valence-corrected chi connectivity index (χ1v) is 5.55. The van der Waals surface area contributed by atoms with E-state index in [9.17, 15) is 0 Å². The van der Waals surface area contributed by atoms with E-state index in [1.807, 2.05) is 36.4 Å². The second-order valence-electron chi connectivity index (χ2n) is 4.03. The van der Waals surface area contributed by atoms with E-state index in [4.69, 9.17) is 0 Å². The molecule has 0 saturated heterocycles. The fraction of sp³-hybridized carbons (Fsp3) is 0.125. The zero-order chi connectivity index (χ0) is 11.4. The van der Waals surface area contributed by atoms with Gasteiger partial charge in [-0.1, -0.05) is 72.1 Å². The van der Waals surface area contributed by atoms with E-state index in [1.54, 1.807) is 0 Å². The van der Waals surface area contributed by atoms with E-state index in [0.717, 1.165) is 0 Å². The summed E-state index contributed by atoms with van der Waals surface area (Å²) >= 11 is 0. The predicted octanol–water partition coefficient (Wildman–Crippen LogP) is -2.15. The first-order chi connectivity index (χ1) is 7.79. The molecule has 2 radical (unpaired) electrons. The molecule has 3 heteroatoms. The van der Waals surface area contributed by atoms with Crippen LogP contribution >= 0.6 is 0 Å². The summed E-state index contributed by atoms with van der Waals surface area (Å²) in [6.45, 7) is 8.44. The summed E-state index contributed by atoms with van der Waals surface area (Å²) in [6.07, 6.45) is 0. The topological polar surface area (TPSA) is 0 Å². The van der Waals surface area contributed by atoms with Crippen LogP contribution in [0.15, 0.2) is 60.7 Å². The molecule has 0 saturated carbocycles. The van der Waals surface area contributed by atoms with E-state index in [0.29, 0.717) is 0 Å². The fourth-order valence-corrected chi connectivity index (χ4v) is 1.87. The van der Waals surface area contributed by atoms with Gasteiger partial charge >= 0.3 is 23.9 Å². The molecule has 0 bridgehead atoms. The van der Waals surface area contributed by atoms with Crippen LogP contribution in [0.2, 0.25) is 0 Å². The van der Waals surface area contributed by atoms with Gasteiger partial charge in [0.05, 0.1) is 12.8 Å². The Balaban J connectivity index is 0. The molecule has 0 heterocycles. The molecule has 19 heavy (non-hydrogen) atoms. The minimum atomic E-state index is 0. The standard InChI is InChI=1S/C16H16.2ClH.Sn/c1-13(15-9-5-3-6-10-15)14(2)16-11-7-4-8-12-16;;;/h3-14H,1-2H2;2*1H;/q;;;+2/p-2/t13-,14-;;;/m0.../s1. The molecular formula is C16H16Cl2Sn. The van der Waals surface area contributed by atoms with E-state index >= 15 is 0 Å². The van der Waals surface area contributed by atoms with Gasteiger partial charge in [-0.3, -0.25) is 0 Å². The minimum absolute atomic E-state index is 0. The molecule has 0 amide bonds. The zero-order valence-electron chi connectivity index (χ0n) is 10.6. The second-order valence-corrected chi connectivity index (χ2v) is 4.03. The first-order valence-electron chi connectivity index (χ1n) is 5.55. The summed E-state index contributed by atoms with van der Waals surface area (Å²) < 4.78 is 0. The van der Waals surface area contributed by atoms with Crippen molar-refractivity contribution in [2.24, 2.45) is 0 Å². The van der Waals surface area contributed by atoms with Gasteiger partial charge in [0, 0.05) is 0 Å². The number of benzene rings is 2. The van der Waals surface area contributed by atoms with Gasteiger partial charge in [0.2, 0.25) is 0 Å². The summed E-state index contributed by atoms with van der Waals surface area (Å²) in [5, 5.41) is 0. The van der Waals surface area contributed by atoms with Crippen LogP contribution in [0.3, 0.4) is 0 Å². The molecule has 2 aromatic rings. The van der Waals surface area contributed by atoms with Gasteiger partial charge in [-0.25, -0.2) is 0 Å². The molecule has 98 valence electrons. The molecule has 0 nitrogen and oxygen atoms in total. The van der Waals surface area contributed by atoms with Gasteiger partial charge < -0.3 is 31.7 Å². The largest absolute Gasteiger partial charge is 2.00 e. The van der Waals surface area contributed by atoms with Crippen molar-refractivity contribution in [2.75, 3.05) is 0 Å². The third-order valence-electron chi connectivity index (χ3n) is 2.94. The van der Waals surface area contributed by atoms with E-state index in [2.05, 4.69) is 38.1 Å². The van der Waals surface area contributed by atoms with Gasteiger partial charge in [0.15, 0.2) is 0 Å². The number of rotatable bonds is 3. The van der Waals surface area contributed by atoms with E-state index in [1.165, 1.54) is 11.1 Å². The molecule has 0 aliphatic rings. The van der Waals surface area contributed by atoms with Gasteiger partial charge in [-0.15, -0.1) is 0 Å². The summed E-state index contributed by atoms with van der Waals surface area (Å²) in [6, 6.07) is 20.7. The van der Waals surface area contributed by atoms with Gasteiger partial charge in [-0.2, -0.15) is 0 Å². The molecule has 0 aliphatic carbocycles. The smallest absolute Gasteiger partial charge is 1.00 e. The van der Waals surface area contributed by atoms with Crippen LogP contribution in [-0.4, -0.2) is 23.9 Å². The van der Waals surface area contributed by atoms with Crippen molar-refractivity contribution in [1.29, 1.82) is 0 Å². The van der Waals surface area contributed by atoms with Crippen molar-refractivity contribution in [3.8, 4) is 0 Å². The van der Waals surface area contributed by atoms with Crippen molar-refractivity contribution < 1.29 is 24.8 Å². The average Bonchev–Trinajstić information content (AvgIpc) is 2.39. The van der Waals surface area contributed by atoms with Crippen LogP contribution < -0.4 is 24.8 Å². The monoisotopic (exact) mass is 398 g/mol. The Labute approximate surface area is 145 Å². The van der Waals surface area contributed by atoms with Crippen LogP contribution in [0.1, 0.15) is 23.0 Å². The molecule has 2 atom stereocenters. The average molecular weight is 398 g/mol. The Morgan fingerprint density at radius 1 is 0.737 bits per heavy atom. The van der Waals surface area contributed by atoms with E-state index in [-0.39, 0.29) is 60.6 Å².